The molecule has 3 aromatic carbocycles. The minimum atomic E-state index is -3.82. The Morgan fingerprint density at radius 3 is 2.28 bits per heavy atom. The average Bonchev–Trinajstić information content (AvgIpc) is 2.76. The minimum Gasteiger partial charge on any atom is -0.479 e. The van der Waals surface area contributed by atoms with Gasteiger partial charge in [-0.25, -0.2) is 8.42 Å². The van der Waals surface area contributed by atoms with Gasteiger partial charge in [-0.05, 0) is 67.4 Å². The van der Waals surface area contributed by atoms with Gasteiger partial charge in [-0.2, -0.15) is 0 Å². The number of halogens is 2. The number of carbonyl (C=O) groups excluding carboxylic acids is 1. The fourth-order valence-electron chi connectivity index (χ4n) is 2.88. The Hall–Kier alpha value is -2.74. The number of nitrogens with one attached hydrogen (secondary N) is 2. The van der Waals surface area contributed by atoms with Gasteiger partial charge in [0.1, 0.15) is 5.75 Å². The molecule has 9 heteroatoms. The van der Waals surface area contributed by atoms with Crippen LogP contribution in [0.3, 0.4) is 0 Å². The Labute approximate surface area is 197 Å². The monoisotopic (exact) mass is 492 g/mol. The Morgan fingerprint density at radius 1 is 0.969 bits per heavy atom. The molecule has 0 unspecified atom stereocenters. The Bertz CT molecular complexity index is 1210. The molecular weight excluding hydrogens is 471 g/mol. The number of amides is 1. The molecule has 0 aliphatic carbocycles. The van der Waals surface area contributed by atoms with Crippen LogP contribution < -0.4 is 14.8 Å². The van der Waals surface area contributed by atoms with Crippen molar-refractivity contribution in [2.45, 2.75) is 31.3 Å². The lowest BCUT2D eigenvalue weighted by Crippen LogP contribution is -2.32. The van der Waals surface area contributed by atoms with E-state index in [4.69, 9.17) is 27.9 Å². The lowest BCUT2D eigenvalue weighted by molar-refractivity contribution is -0.122. The van der Waals surface area contributed by atoms with E-state index in [1.165, 1.54) is 24.3 Å². The second-order valence-electron chi connectivity index (χ2n) is 6.98. The molecule has 32 heavy (non-hydrogen) atoms. The summed E-state index contributed by atoms with van der Waals surface area (Å²) in [5.74, 6) is 0.0516. The minimum absolute atomic E-state index is 0.0502. The van der Waals surface area contributed by atoms with Gasteiger partial charge in [0.15, 0.2) is 6.10 Å². The van der Waals surface area contributed by atoms with Gasteiger partial charge in [-0.15, -0.1) is 0 Å². The van der Waals surface area contributed by atoms with Gasteiger partial charge in [-0.1, -0.05) is 48.3 Å². The molecule has 1 atom stereocenters. The van der Waals surface area contributed by atoms with Crippen molar-refractivity contribution in [2.24, 2.45) is 0 Å². The summed E-state index contributed by atoms with van der Waals surface area (Å²) >= 11 is 12.2. The Balaban J connectivity index is 1.70. The van der Waals surface area contributed by atoms with E-state index in [1.54, 1.807) is 49.4 Å². The van der Waals surface area contributed by atoms with Crippen LogP contribution >= 0.6 is 23.2 Å². The SMILES string of the molecule is CC[C@@H](Oc1ccccc1Cl)C(=O)Nc1ccc(S(=O)(=O)Nc2cccc(Cl)c2C)cc1. The molecule has 0 spiro atoms. The fourth-order valence-corrected chi connectivity index (χ4v) is 4.36. The van der Waals surface area contributed by atoms with Crippen LogP contribution in [0.1, 0.15) is 18.9 Å². The van der Waals surface area contributed by atoms with Gasteiger partial charge < -0.3 is 10.1 Å². The molecule has 0 heterocycles. The molecule has 0 radical (unpaired) electrons. The zero-order valence-corrected chi connectivity index (χ0v) is 19.8. The van der Waals surface area contributed by atoms with E-state index in [-0.39, 0.29) is 10.8 Å². The molecule has 2 N–H and O–H groups in total. The molecule has 0 saturated heterocycles. The van der Waals surface area contributed by atoms with E-state index in [2.05, 4.69) is 10.0 Å². The predicted molar refractivity (Wildman–Crippen MR) is 128 cm³/mol. The summed E-state index contributed by atoms with van der Waals surface area (Å²) in [7, 11) is -3.82. The standard InChI is InChI=1S/C23H22Cl2N2O4S/c1-3-21(31-22-10-5-4-7-19(22)25)23(28)26-16-11-13-17(14-12-16)32(29,30)27-20-9-6-8-18(24)15(20)2/h4-14,21,27H,3H2,1-2H3,(H,26,28)/t21-/m1/s1. The second-order valence-corrected chi connectivity index (χ2v) is 9.47. The zero-order valence-electron chi connectivity index (χ0n) is 17.4. The quantitative estimate of drug-likeness (QED) is 0.409. The third-order valence-electron chi connectivity index (χ3n) is 4.71. The maximum atomic E-state index is 12.7. The van der Waals surface area contributed by atoms with Crippen molar-refractivity contribution in [1.82, 2.24) is 0 Å². The first-order chi connectivity index (χ1) is 15.2. The summed E-state index contributed by atoms with van der Waals surface area (Å²) in [6.07, 6.45) is -0.335. The summed E-state index contributed by atoms with van der Waals surface area (Å²) in [5.41, 5.74) is 1.47. The number of rotatable bonds is 8. The molecule has 1 amide bonds. The predicted octanol–water partition coefficient (Wildman–Crippen LogP) is 5.90. The van der Waals surface area contributed by atoms with Crippen LogP contribution in [0.2, 0.25) is 10.0 Å². The highest BCUT2D eigenvalue weighted by atomic mass is 35.5. The van der Waals surface area contributed by atoms with E-state index in [1.807, 2.05) is 6.92 Å². The van der Waals surface area contributed by atoms with Crippen molar-refractivity contribution >= 4 is 50.5 Å². The van der Waals surface area contributed by atoms with Crippen LogP contribution in [0.5, 0.6) is 5.75 Å². The van der Waals surface area contributed by atoms with Crippen molar-refractivity contribution in [3.05, 3.63) is 82.3 Å². The lowest BCUT2D eigenvalue weighted by atomic mass is 10.2. The van der Waals surface area contributed by atoms with Gasteiger partial charge in [-0.3, -0.25) is 9.52 Å². The molecular formula is C23H22Cl2N2O4S. The summed E-state index contributed by atoms with van der Waals surface area (Å²) in [5, 5.41) is 3.62. The van der Waals surface area contributed by atoms with Crippen molar-refractivity contribution in [1.29, 1.82) is 0 Å². The topological polar surface area (TPSA) is 84.5 Å². The fraction of sp³-hybridized carbons (Fsp3) is 0.174. The summed E-state index contributed by atoms with van der Waals surface area (Å²) in [4.78, 5) is 12.7. The number of benzene rings is 3. The first-order valence-electron chi connectivity index (χ1n) is 9.81. The highest BCUT2D eigenvalue weighted by Crippen LogP contribution is 2.27. The normalized spacial score (nSPS) is 12.1. The number of para-hydroxylation sites is 1. The van der Waals surface area contributed by atoms with Crippen LogP contribution in [-0.2, 0) is 14.8 Å². The molecule has 0 fully saturated rings. The van der Waals surface area contributed by atoms with Crippen LogP contribution in [0, 0.1) is 6.92 Å². The zero-order chi connectivity index (χ0) is 23.3. The Morgan fingerprint density at radius 2 is 1.62 bits per heavy atom. The average molecular weight is 493 g/mol. The molecule has 168 valence electrons. The number of ether oxygens (including phenoxy) is 1. The molecule has 6 nitrogen and oxygen atoms in total. The molecule has 0 bridgehead atoms. The number of carbonyl (C=O) groups is 1. The van der Waals surface area contributed by atoms with Crippen LogP contribution in [0.25, 0.3) is 0 Å². The number of hydrogen-bond acceptors (Lipinski definition) is 4. The maximum Gasteiger partial charge on any atom is 0.265 e. The van der Waals surface area contributed by atoms with Crippen LogP contribution in [-0.4, -0.2) is 20.4 Å². The largest absolute Gasteiger partial charge is 0.479 e. The molecule has 3 rings (SSSR count). The molecule has 0 aliphatic heterocycles. The van der Waals surface area contributed by atoms with Crippen molar-refractivity contribution in [3.8, 4) is 5.75 Å². The van der Waals surface area contributed by atoms with Gasteiger partial charge >= 0.3 is 0 Å². The summed E-state index contributed by atoms with van der Waals surface area (Å²) < 4.78 is 33.7. The molecule has 0 aliphatic rings. The van der Waals surface area contributed by atoms with Gasteiger partial charge in [0.2, 0.25) is 0 Å². The number of hydrogen-bond donors (Lipinski definition) is 2. The van der Waals surface area contributed by atoms with E-state index < -0.39 is 16.1 Å². The Kier molecular flexibility index (Phi) is 7.66. The van der Waals surface area contributed by atoms with E-state index in [0.29, 0.717) is 39.2 Å². The number of anilines is 2. The highest BCUT2D eigenvalue weighted by Gasteiger charge is 2.20. The first kappa shape index (κ1) is 23.9. The molecule has 0 aromatic heterocycles. The van der Waals surface area contributed by atoms with E-state index in [0.717, 1.165) is 0 Å². The third kappa shape index (κ3) is 5.73. The van der Waals surface area contributed by atoms with Gasteiger partial charge in [0, 0.05) is 10.7 Å². The summed E-state index contributed by atoms with van der Waals surface area (Å²) in [6, 6.07) is 17.7. The smallest absolute Gasteiger partial charge is 0.265 e. The van der Waals surface area contributed by atoms with Crippen LogP contribution in [0.15, 0.2) is 71.6 Å². The van der Waals surface area contributed by atoms with Gasteiger partial charge in [0.25, 0.3) is 15.9 Å². The van der Waals surface area contributed by atoms with Crippen molar-refractivity contribution in [2.75, 3.05) is 10.0 Å². The molecule has 3 aromatic rings. The van der Waals surface area contributed by atoms with Crippen molar-refractivity contribution in [3.63, 3.8) is 0 Å². The lowest BCUT2D eigenvalue weighted by Gasteiger charge is -2.18. The van der Waals surface area contributed by atoms with E-state index in [9.17, 15) is 13.2 Å². The van der Waals surface area contributed by atoms with E-state index >= 15 is 0 Å². The summed E-state index contributed by atoms with van der Waals surface area (Å²) in [6.45, 7) is 3.55. The van der Waals surface area contributed by atoms with Gasteiger partial charge in [0.05, 0.1) is 15.6 Å². The third-order valence-corrected chi connectivity index (χ3v) is 6.82. The van der Waals surface area contributed by atoms with Crippen molar-refractivity contribution < 1.29 is 17.9 Å². The second kappa shape index (κ2) is 10.3. The highest BCUT2D eigenvalue weighted by molar-refractivity contribution is 7.92. The molecule has 0 saturated carbocycles. The van der Waals surface area contributed by atoms with Crippen LogP contribution in [0.4, 0.5) is 11.4 Å². The maximum absolute atomic E-state index is 12.7. The number of sulfonamides is 1. The first-order valence-corrected chi connectivity index (χ1v) is 12.0.